The number of alkyl halides is 4. The van der Waals surface area contributed by atoms with E-state index >= 15 is 0 Å². The van der Waals surface area contributed by atoms with Crippen LogP contribution < -0.4 is 0 Å². The quantitative estimate of drug-likeness (QED) is 0.685. The second-order valence-corrected chi connectivity index (χ2v) is 5.40. The number of benzene rings is 2. The van der Waals surface area contributed by atoms with E-state index in [-0.39, 0.29) is 13.1 Å². The molecule has 5 heteroatoms. The summed E-state index contributed by atoms with van der Waals surface area (Å²) in [7, 11) is 0. The van der Waals surface area contributed by atoms with Gasteiger partial charge in [0, 0.05) is 19.0 Å². The zero-order valence-corrected chi connectivity index (χ0v) is 12.7. The van der Waals surface area contributed by atoms with Gasteiger partial charge in [0.25, 0.3) is 0 Å². The van der Waals surface area contributed by atoms with Crippen LogP contribution in [0.2, 0.25) is 0 Å². The number of rotatable bonds is 6. The van der Waals surface area contributed by atoms with Crippen LogP contribution in [0.4, 0.5) is 13.2 Å². The van der Waals surface area contributed by atoms with Gasteiger partial charge in [0.1, 0.15) is 6.04 Å². The first-order chi connectivity index (χ1) is 10.5. The lowest BCUT2D eigenvalue weighted by atomic mass is 10.1. The first-order valence-electron chi connectivity index (χ1n) is 6.95. The fourth-order valence-corrected chi connectivity index (χ4v) is 2.67. The molecule has 0 aliphatic heterocycles. The van der Waals surface area contributed by atoms with Crippen molar-refractivity contribution in [3.05, 3.63) is 71.8 Å². The van der Waals surface area contributed by atoms with Crippen LogP contribution in [0.25, 0.3) is 0 Å². The molecule has 0 aliphatic carbocycles. The molecule has 0 amide bonds. The maximum Gasteiger partial charge on any atom is 0.405 e. The molecular weight excluding hydrogens is 311 g/mol. The summed E-state index contributed by atoms with van der Waals surface area (Å²) in [4.78, 5) is 1.37. The van der Waals surface area contributed by atoms with E-state index in [4.69, 9.17) is 11.6 Å². The van der Waals surface area contributed by atoms with Crippen LogP contribution in [-0.4, -0.2) is 23.0 Å². The molecule has 0 N–H and O–H groups in total. The largest absolute Gasteiger partial charge is 0.405 e. The van der Waals surface area contributed by atoms with E-state index in [1.807, 2.05) is 60.7 Å². The molecule has 0 saturated heterocycles. The molecule has 118 valence electrons. The molecule has 1 nitrogen and oxygen atoms in total. The van der Waals surface area contributed by atoms with Gasteiger partial charge in [-0.25, -0.2) is 0 Å². The van der Waals surface area contributed by atoms with Crippen molar-refractivity contribution in [3.8, 4) is 0 Å². The highest BCUT2D eigenvalue weighted by molar-refractivity contribution is 6.18. The third kappa shape index (κ3) is 4.75. The lowest BCUT2D eigenvalue weighted by molar-refractivity contribution is -0.180. The van der Waals surface area contributed by atoms with Gasteiger partial charge in [-0.15, -0.1) is 11.6 Å². The van der Waals surface area contributed by atoms with Crippen LogP contribution in [0.5, 0.6) is 0 Å². The Bertz CT molecular complexity index is 516. The van der Waals surface area contributed by atoms with E-state index in [2.05, 4.69) is 0 Å². The molecule has 0 aliphatic rings. The van der Waals surface area contributed by atoms with Crippen molar-refractivity contribution in [2.24, 2.45) is 0 Å². The van der Waals surface area contributed by atoms with Crippen molar-refractivity contribution in [1.82, 2.24) is 4.90 Å². The third-order valence-corrected chi connectivity index (χ3v) is 3.71. The van der Waals surface area contributed by atoms with E-state index < -0.39 is 18.1 Å². The van der Waals surface area contributed by atoms with Gasteiger partial charge in [-0.3, -0.25) is 4.90 Å². The molecule has 0 radical (unpaired) electrons. The first kappa shape index (κ1) is 16.8. The summed E-state index contributed by atoms with van der Waals surface area (Å²) in [5.74, 6) is -0.483. The zero-order valence-electron chi connectivity index (χ0n) is 11.9. The van der Waals surface area contributed by atoms with Crippen LogP contribution in [0.3, 0.4) is 0 Å². The maximum atomic E-state index is 13.2. The fraction of sp³-hybridized carbons (Fsp3) is 0.294. The van der Waals surface area contributed by atoms with Gasteiger partial charge in [-0.05, 0) is 11.1 Å². The van der Waals surface area contributed by atoms with Gasteiger partial charge in [-0.2, -0.15) is 13.2 Å². The second-order valence-electron chi connectivity index (χ2n) is 5.09. The third-order valence-electron chi connectivity index (χ3n) is 3.42. The van der Waals surface area contributed by atoms with Crippen LogP contribution >= 0.6 is 11.6 Å². The van der Waals surface area contributed by atoms with Crippen molar-refractivity contribution in [2.75, 3.05) is 5.88 Å². The van der Waals surface area contributed by atoms with E-state index in [0.29, 0.717) is 0 Å². The van der Waals surface area contributed by atoms with Crippen LogP contribution in [-0.2, 0) is 13.1 Å². The average Bonchev–Trinajstić information content (AvgIpc) is 2.48. The minimum absolute atomic E-state index is 0.201. The minimum Gasteiger partial charge on any atom is -0.283 e. The highest BCUT2D eigenvalue weighted by atomic mass is 35.5. The molecule has 0 fully saturated rings. The highest BCUT2D eigenvalue weighted by Gasteiger charge is 2.42. The SMILES string of the molecule is FC(F)(F)[C@@H](CCl)N(Cc1ccccc1)Cc1ccccc1. The smallest absolute Gasteiger partial charge is 0.283 e. The molecule has 22 heavy (non-hydrogen) atoms. The summed E-state index contributed by atoms with van der Waals surface area (Å²) in [6.45, 7) is 0.402. The normalized spacial score (nSPS) is 13.3. The molecule has 0 saturated carbocycles. The fourth-order valence-electron chi connectivity index (χ4n) is 2.30. The summed E-state index contributed by atoms with van der Waals surface area (Å²) in [5.41, 5.74) is 1.66. The molecule has 0 spiro atoms. The lowest BCUT2D eigenvalue weighted by Crippen LogP contribution is -2.46. The number of nitrogens with zero attached hydrogens (tertiary/aromatic N) is 1. The van der Waals surface area contributed by atoms with Gasteiger partial charge in [-0.1, -0.05) is 60.7 Å². The number of hydrogen-bond acceptors (Lipinski definition) is 1. The summed E-state index contributed by atoms with van der Waals surface area (Å²) >= 11 is 5.62. The van der Waals surface area contributed by atoms with Crippen LogP contribution in [0.15, 0.2) is 60.7 Å². The Morgan fingerprint density at radius 3 is 1.55 bits per heavy atom. The van der Waals surface area contributed by atoms with Crippen LogP contribution in [0.1, 0.15) is 11.1 Å². The van der Waals surface area contributed by atoms with E-state index in [1.54, 1.807) is 0 Å². The molecule has 2 rings (SSSR count). The van der Waals surface area contributed by atoms with Crippen molar-refractivity contribution in [1.29, 1.82) is 0 Å². The molecular formula is C17H17ClF3N. The Hall–Kier alpha value is -1.52. The molecule has 0 aromatic heterocycles. The number of halogens is 4. The lowest BCUT2D eigenvalue weighted by Gasteiger charge is -2.32. The predicted molar refractivity (Wildman–Crippen MR) is 82.7 cm³/mol. The van der Waals surface area contributed by atoms with Gasteiger partial charge in [0.05, 0.1) is 0 Å². The van der Waals surface area contributed by atoms with Gasteiger partial charge in [0.2, 0.25) is 0 Å². The molecule has 2 aromatic rings. The second kappa shape index (κ2) is 7.65. The van der Waals surface area contributed by atoms with E-state index in [1.165, 1.54) is 4.90 Å². The molecule has 0 heterocycles. The predicted octanol–water partition coefficient (Wildman–Crippen LogP) is 4.86. The Morgan fingerprint density at radius 1 is 0.818 bits per heavy atom. The molecule has 0 unspecified atom stereocenters. The van der Waals surface area contributed by atoms with Gasteiger partial charge < -0.3 is 0 Å². The Balaban J connectivity index is 2.23. The monoisotopic (exact) mass is 327 g/mol. The zero-order chi connectivity index (χ0) is 16.0. The summed E-state index contributed by atoms with van der Waals surface area (Å²) < 4.78 is 39.7. The van der Waals surface area contributed by atoms with Gasteiger partial charge >= 0.3 is 6.18 Å². The van der Waals surface area contributed by atoms with Gasteiger partial charge in [0.15, 0.2) is 0 Å². The highest BCUT2D eigenvalue weighted by Crippen LogP contribution is 2.28. The molecule has 2 aromatic carbocycles. The average molecular weight is 328 g/mol. The summed E-state index contributed by atoms with van der Waals surface area (Å²) in [6, 6.07) is 16.6. The Morgan fingerprint density at radius 2 is 1.23 bits per heavy atom. The first-order valence-corrected chi connectivity index (χ1v) is 7.48. The number of hydrogen-bond donors (Lipinski definition) is 0. The van der Waals surface area contributed by atoms with Crippen LogP contribution in [0, 0.1) is 0 Å². The minimum atomic E-state index is -4.36. The topological polar surface area (TPSA) is 3.24 Å². The Labute approximate surface area is 133 Å². The molecule has 0 bridgehead atoms. The summed E-state index contributed by atoms with van der Waals surface area (Å²) in [5, 5.41) is 0. The van der Waals surface area contributed by atoms with Crippen molar-refractivity contribution >= 4 is 11.6 Å². The van der Waals surface area contributed by atoms with E-state index in [9.17, 15) is 13.2 Å². The maximum absolute atomic E-state index is 13.2. The van der Waals surface area contributed by atoms with Crippen molar-refractivity contribution < 1.29 is 13.2 Å². The van der Waals surface area contributed by atoms with Crippen molar-refractivity contribution in [2.45, 2.75) is 25.3 Å². The summed E-state index contributed by atoms with van der Waals surface area (Å²) in [6.07, 6.45) is -4.36. The standard InChI is InChI=1S/C17H17ClF3N/c18-11-16(17(19,20)21)22(12-14-7-3-1-4-8-14)13-15-9-5-2-6-10-15/h1-10,16H,11-13H2/t16-/m1/s1. The van der Waals surface area contributed by atoms with Crippen molar-refractivity contribution in [3.63, 3.8) is 0 Å². The Kier molecular flexibility index (Phi) is 5.86. The van der Waals surface area contributed by atoms with E-state index in [0.717, 1.165) is 11.1 Å². The molecule has 1 atom stereocenters.